The van der Waals surface area contributed by atoms with Gasteiger partial charge in [-0.25, -0.2) is 4.79 Å². The quantitative estimate of drug-likeness (QED) is 0.756. The van der Waals surface area contributed by atoms with Gasteiger partial charge in [-0.05, 0) is 36.2 Å². The highest BCUT2D eigenvalue weighted by Gasteiger charge is 2.17. The normalized spacial score (nSPS) is 10.3. The molecule has 0 saturated heterocycles. The Morgan fingerprint density at radius 1 is 1.53 bits per heavy atom. The second kappa shape index (κ2) is 6.54. The van der Waals surface area contributed by atoms with E-state index in [4.69, 9.17) is 4.74 Å². The van der Waals surface area contributed by atoms with Crippen molar-refractivity contribution in [3.05, 3.63) is 16.4 Å². The SMILES string of the molecule is CCOC(=O)c1c(Br)cnn1CCCC(C)=O. The maximum absolute atomic E-state index is 11.7. The minimum absolute atomic E-state index is 0.133. The summed E-state index contributed by atoms with van der Waals surface area (Å²) in [7, 11) is 0. The van der Waals surface area contributed by atoms with Gasteiger partial charge in [0.15, 0.2) is 5.69 Å². The topological polar surface area (TPSA) is 61.2 Å². The van der Waals surface area contributed by atoms with Crippen LogP contribution in [0.15, 0.2) is 10.7 Å². The first kappa shape index (κ1) is 13.9. The van der Waals surface area contributed by atoms with E-state index >= 15 is 0 Å². The van der Waals surface area contributed by atoms with Crippen molar-refractivity contribution < 1.29 is 14.3 Å². The molecule has 5 nitrogen and oxygen atoms in total. The zero-order chi connectivity index (χ0) is 12.8. The van der Waals surface area contributed by atoms with Crippen molar-refractivity contribution in [2.24, 2.45) is 0 Å². The molecule has 1 aromatic heterocycles. The summed E-state index contributed by atoms with van der Waals surface area (Å²) < 4.78 is 7.11. The molecule has 0 aliphatic carbocycles. The van der Waals surface area contributed by atoms with E-state index in [0.717, 1.165) is 0 Å². The van der Waals surface area contributed by atoms with Gasteiger partial charge in [0, 0.05) is 13.0 Å². The summed E-state index contributed by atoms with van der Waals surface area (Å²) in [6.07, 6.45) is 2.70. The zero-order valence-corrected chi connectivity index (χ0v) is 11.5. The van der Waals surface area contributed by atoms with E-state index in [9.17, 15) is 9.59 Å². The predicted octanol–water partition coefficient (Wildman–Crippen LogP) is 2.19. The summed E-state index contributed by atoms with van der Waals surface area (Å²) >= 11 is 3.26. The number of carbonyl (C=O) groups excluding carboxylic acids is 2. The van der Waals surface area contributed by atoms with Gasteiger partial charge in [-0.3, -0.25) is 4.68 Å². The number of nitrogens with zero attached hydrogens (tertiary/aromatic N) is 2. The molecule has 94 valence electrons. The second-order valence-corrected chi connectivity index (χ2v) is 4.44. The van der Waals surface area contributed by atoms with Crippen LogP contribution in [-0.2, 0) is 16.1 Å². The molecule has 17 heavy (non-hydrogen) atoms. The molecule has 0 aliphatic rings. The molecule has 0 aliphatic heterocycles. The van der Waals surface area contributed by atoms with Gasteiger partial charge in [0.05, 0.1) is 17.3 Å². The molecule has 0 spiro atoms. The summed E-state index contributed by atoms with van der Waals surface area (Å²) in [5.74, 6) is -0.270. The number of ketones is 1. The molecule has 0 fully saturated rings. The summed E-state index contributed by atoms with van der Waals surface area (Å²) in [5.41, 5.74) is 0.399. The van der Waals surface area contributed by atoms with Crippen molar-refractivity contribution in [3.63, 3.8) is 0 Å². The van der Waals surface area contributed by atoms with Crippen molar-refractivity contribution in [2.45, 2.75) is 33.2 Å². The lowest BCUT2D eigenvalue weighted by molar-refractivity contribution is -0.117. The lowest BCUT2D eigenvalue weighted by Gasteiger charge is -2.06. The van der Waals surface area contributed by atoms with Gasteiger partial charge < -0.3 is 9.53 Å². The number of aryl methyl sites for hydroxylation is 1. The number of esters is 1. The average molecular weight is 303 g/mol. The fourth-order valence-electron chi connectivity index (χ4n) is 1.41. The Balaban J connectivity index is 2.72. The van der Waals surface area contributed by atoms with E-state index in [1.807, 2.05) is 0 Å². The van der Waals surface area contributed by atoms with Crippen molar-refractivity contribution in [2.75, 3.05) is 6.61 Å². The van der Waals surface area contributed by atoms with Crippen molar-refractivity contribution >= 4 is 27.7 Å². The third-order valence-corrected chi connectivity index (χ3v) is 2.74. The standard InChI is InChI=1S/C11H15BrN2O3/c1-3-17-11(16)10-9(12)7-13-14(10)6-4-5-8(2)15/h7H,3-6H2,1-2H3. The second-order valence-electron chi connectivity index (χ2n) is 3.59. The van der Waals surface area contributed by atoms with E-state index in [1.54, 1.807) is 24.7 Å². The number of Topliss-reactive ketones (excluding diaryl/α,β-unsaturated/α-hetero) is 1. The Morgan fingerprint density at radius 3 is 2.82 bits per heavy atom. The summed E-state index contributed by atoms with van der Waals surface area (Å²) in [6.45, 7) is 4.15. The molecule has 0 saturated carbocycles. The van der Waals surface area contributed by atoms with Crippen LogP contribution in [-0.4, -0.2) is 28.1 Å². The minimum atomic E-state index is -0.403. The van der Waals surface area contributed by atoms with Crippen molar-refractivity contribution in [1.82, 2.24) is 9.78 Å². The molecule has 1 heterocycles. The summed E-state index contributed by atoms with van der Waals surface area (Å²) in [4.78, 5) is 22.5. The highest BCUT2D eigenvalue weighted by Crippen LogP contribution is 2.17. The first-order valence-corrected chi connectivity index (χ1v) is 6.23. The number of hydrogen-bond donors (Lipinski definition) is 0. The van der Waals surface area contributed by atoms with E-state index < -0.39 is 5.97 Å². The van der Waals surface area contributed by atoms with Gasteiger partial charge in [-0.1, -0.05) is 0 Å². The van der Waals surface area contributed by atoms with Crippen LogP contribution in [0.25, 0.3) is 0 Å². The van der Waals surface area contributed by atoms with Crippen molar-refractivity contribution in [1.29, 1.82) is 0 Å². The Hall–Kier alpha value is -1.17. The largest absolute Gasteiger partial charge is 0.461 e. The minimum Gasteiger partial charge on any atom is -0.461 e. The predicted molar refractivity (Wildman–Crippen MR) is 65.8 cm³/mol. The Morgan fingerprint density at radius 2 is 2.24 bits per heavy atom. The van der Waals surface area contributed by atoms with Gasteiger partial charge in [0.2, 0.25) is 0 Å². The maximum Gasteiger partial charge on any atom is 0.357 e. The van der Waals surface area contributed by atoms with Crippen LogP contribution in [0.2, 0.25) is 0 Å². The Labute approximate surface area is 108 Å². The monoisotopic (exact) mass is 302 g/mol. The van der Waals surface area contributed by atoms with Crippen LogP contribution >= 0.6 is 15.9 Å². The molecule has 0 aromatic carbocycles. The Bertz CT molecular complexity index is 415. The average Bonchev–Trinajstić information content (AvgIpc) is 2.60. The van der Waals surface area contributed by atoms with Gasteiger partial charge in [-0.2, -0.15) is 5.10 Å². The van der Waals surface area contributed by atoms with Crippen LogP contribution < -0.4 is 0 Å². The first-order valence-electron chi connectivity index (χ1n) is 5.44. The first-order chi connectivity index (χ1) is 8.06. The molecular formula is C11H15BrN2O3. The molecule has 1 rings (SSSR count). The molecular weight excluding hydrogens is 288 g/mol. The van der Waals surface area contributed by atoms with E-state index in [1.165, 1.54) is 0 Å². The van der Waals surface area contributed by atoms with Crippen LogP contribution in [0.4, 0.5) is 0 Å². The summed E-state index contributed by atoms with van der Waals surface area (Å²) in [5, 5.41) is 4.07. The smallest absolute Gasteiger partial charge is 0.357 e. The van der Waals surface area contributed by atoms with E-state index in [-0.39, 0.29) is 5.78 Å². The number of hydrogen-bond acceptors (Lipinski definition) is 4. The highest BCUT2D eigenvalue weighted by atomic mass is 79.9. The van der Waals surface area contributed by atoms with Gasteiger partial charge in [0.25, 0.3) is 0 Å². The van der Waals surface area contributed by atoms with Gasteiger partial charge in [-0.15, -0.1) is 0 Å². The zero-order valence-electron chi connectivity index (χ0n) is 9.90. The van der Waals surface area contributed by atoms with Gasteiger partial charge in [0.1, 0.15) is 5.78 Å². The highest BCUT2D eigenvalue weighted by molar-refractivity contribution is 9.10. The summed E-state index contributed by atoms with van der Waals surface area (Å²) in [6, 6.07) is 0. The third-order valence-electron chi connectivity index (χ3n) is 2.16. The molecule has 6 heteroatoms. The molecule has 0 N–H and O–H groups in total. The fourth-order valence-corrected chi connectivity index (χ4v) is 1.87. The molecule has 0 atom stereocenters. The van der Waals surface area contributed by atoms with Crippen LogP contribution in [0.1, 0.15) is 37.2 Å². The van der Waals surface area contributed by atoms with Crippen LogP contribution in [0.5, 0.6) is 0 Å². The molecule has 0 unspecified atom stereocenters. The van der Waals surface area contributed by atoms with Gasteiger partial charge >= 0.3 is 5.97 Å². The van der Waals surface area contributed by atoms with Crippen LogP contribution in [0, 0.1) is 0 Å². The third kappa shape index (κ3) is 3.96. The van der Waals surface area contributed by atoms with Crippen LogP contribution in [0.3, 0.4) is 0 Å². The lowest BCUT2D eigenvalue weighted by Crippen LogP contribution is -2.14. The van der Waals surface area contributed by atoms with E-state index in [0.29, 0.717) is 36.2 Å². The molecule has 1 aromatic rings. The number of carbonyl (C=O) groups is 2. The molecule has 0 amide bonds. The number of ether oxygens (including phenoxy) is 1. The van der Waals surface area contributed by atoms with Crippen molar-refractivity contribution in [3.8, 4) is 0 Å². The maximum atomic E-state index is 11.7. The number of halogens is 1. The number of aromatic nitrogens is 2. The lowest BCUT2D eigenvalue weighted by atomic mass is 10.2. The number of rotatable bonds is 6. The fraction of sp³-hybridized carbons (Fsp3) is 0.545. The van der Waals surface area contributed by atoms with E-state index in [2.05, 4.69) is 21.0 Å². The Kier molecular flexibility index (Phi) is 5.34. The molecule has 0 bridgehead atoms. The molecule has 0 radical (unpaired) electrons.